The van der Waals surface area contributed by atoms with E-state index < -0.39 is 9.84 Å². The Bertz CT molecular complexity index is 211. The van der Waals surface area contributed by atoms with Crippen molar-refractivity contribution in [1.82, 2.24) is 0 Å². The summed E-state index contributed by atoms with van der Waals surface area (Å²) in [6.07, 6.45) is 4.69. The lowest BCUT2D eigenvalue weighted by atomic mass is 10.1. The molecule has 1 aliphatic carbocycles. The highest BCUT2D eigenvalue weighted by molar-refractivity contribution is 7.94. The molecule has 2 nitrogen and oxygen atoms in total. The molecule has 0 aromatic carbocycles. The molecule has 0 fully saturated rings. The van der Waals surface area contributed by atoms with Crippen molar-refractivity contribution in [2.75, 3.05) is 6.26 Å². The fourth-order valence-electron chi connectivity index (χ4n) is 0.599. The van der Waals surface area contributed by atoms with Gasteiger partial charge in [0.2, 0.25) is 0 Å². The molecule has 0 amide bonds. The average Bonchev–Trinajstić information content (AvgIpc) is 1.16. The van der Waals surface area contributed by atoms with Crippen LogP contribution in [0, 0.1) is 0 Å². The molecule has 0 aliphatic heterocycles. The summed E-state index contributed by atoms with van der Waals surface area (Å²) in [7, 11) is -2.80. The maximum atomic E-state index is 10.5. The van der Waals surface area contributed by atoms with Gasteiger partial charge in [-0.2, -0.15) is 0 Å². The van der Waals surface area contributed by atoms with Crippen LogP contribution in [0.2, 0.25) is 0 Å². The quantitative estimate of drug-likeness (QED) is 0.526. The topological polar surface area (TPSA) is 34.1 Å². The van der Waals surface area contributed by atoms with E-state index in [1.165, 1.54) is 6.26 Å². The van der Waals surface area contributed by atoms with Gasteiger partial charge in [-0.25, -0.2) is 8.42 Å². The minimum absolute atomic E-state index is 0.609. The van der Waals surface area contributed by atoms with E-state index in [1.807, 2.05) is 0 Å². The minimum atomic E-state index is -2.80. The first-order valence-electron chi connectivity index (χ1n) is 2.50. The fourth-order valence-corrected chi connectivity index (χ4v) is 1.51. The van der Waals surface area contributed by atoms with Crippen molar-refractivity contribution in [3.05, 3.63) is 11.0 Å². The first-order valence-corrected chi connectivity index (χ1v) is 4.39. The zero-order valence-electron chi connectivity index (χ0n) is 4.72. The van der Waals surface area contributed by atoms with E-state index in [4.69, 9.17) is 0 Å². The summed E-state index contributed by atoms with van der Waals surface area (Å²) >= 11 is 0. The lowest BCUT2D eigenvalue weighted by Gasteiger charge is -2.10. The van der Waals surface area contributed by atoms with Gasteiger partial charge in [-0.05, 0) is 12.8 Å². The second kappa shape index (κ2) is 1.58. The highest BCUT2D eigenvalue weighted by Crippen LogP contribution is 2.22. The van der Waals surface area contributed by atoms with E-state index >= 15 is 0 Å². The number of rotatable bonds is 1. The minimum Gasteiger partial charge on any atom is -0.224 e. The van der Waals surface area contributed by atoms with E-state index in [9.17, 15) is 8.42 Å². The lowest BCUT2D eigenvalue weighted by Crippen LogP contribution is -2.06. The van der Waals surface area contributed by atoms with E-state index in [0.29, 0.717) is 4.91 Å². The van der Waals surface area contributed by atoms with Crippen LogP contribution in [0.4, 0.5) is 0 Å². The molecule has 46 valence electrons. The molecule has 1 aliphatic rings. The Morgan fingerprint density at radius 2 is 2.12 bits per heavy atom. The molecule has 0 N–H and O–H groups in total. The second-order valence-electron chi connectivity index (χ2n) is 1.98. The molecule has 0 aromatic heterocycles. The van der Waals surface area contributed by atoms with Gasteiger partial charge in [0.1, 0.15) is 0 Å². The molecule has 0 saturated heterocycles. The van der Waals surface area contributed by atoms with Crippen LogP contribution in [0.5, 0.6) is 0 Å². The Kier molecular flexibility index (Phi) is 1.15. The Balaban J connectivity index is 2.91. The fraction of sp³-hybridized carbons (Fsp3) is 0.600. The average molecular weight is 132 g/mol. The maximum absolute atomic E-state index is 10.5. The molecule has 1 rings (SSSR count). The molecule has 3 heteroatoms. The molecule has 0 atom stereocenters. The van der Waals surface area contributed by atoms with Gasteiger partial charge in [0.15, 0.2) is 9.84 Å². The first-order chi connectivity index (χ1) is 3.61. The Morgan fingerprint density at radius 3 is 2.12 bits per heavy atom. The van der Waals surface area contributed by atoms with Gasteiger partial charge in [-0.3, -0.25) is 0 Å². The number of hydrogen-bond donors (Lipinski definition) is 0. The summed E-state index contributed by atoms with van der Waals surface area (Å²) < 4.78 is 21.1. The van der Waals surface area contributed by atoms with Crippen molar-refractivity contribution in [3.63, 3.8) is 0 Å². The van der Waals surface area contributed by atoms with Crippen molar-refractivity contribution in [2.45, 2.75) is 12.8 Å². The molecule has 8 heavy (non-hydrogen) atoms. The zero-order valence-corrected chi connectivity index (χ0v) is 5.53. The SMILES string of the molecule is CS(=O)(=O)C1=CCC1. The molecule has 0 aromatic rings. The zero-order chi connectivity index (χ0) is 6.20. The van der Waals surface area contributed by atoms with Crippen LogP contribution in [0.1, 0.15) is 12.8 Å². The third-order valence-corrected chi connectivity index (χ3v) is 2.56. The summed E-state index contributed by atoms with van der Waals surface area (Å²) in [6, 6.07) is 0. The van der Waals surface area contributed by atoms with E-state index in [2.05, 4.69) is 0 Å². The Hall–Kier alpha value is -0.310. The van der Waals surface area contributed by atoms with Gasteiger partial charge < -0.3 is 0 Å². The normalized spacial score (nSPS) is 19.4. The number of hydrogen-bond acceptors (Lipinski definition) is 2. The monoisotopic (exact) mass is 132 g/mol. The molecule has 0 heterocycles. The predicted molar refractivity (Wildman–Crippen MR) is 32.2 cm³/mol. The van der Waals surface area contributed by atoms with Crippen molar-refractivity contribution < 1.29 is 8.42 Å². The van der Waals surface area contributed by atoms with E-state index in [0.717, 1.165) is 12.8 Å². The largest absolute Gasteiger partial charge is 0.224 e. The van der Waals surface area contributed by atoms with Gasteiger partial charge in [-0.1, -0.05) is 6.08 Å². The standard InChI is InChI=1S/C5H8O2S/c1-8(6,7)5-3-2-4-5/h3H,2,4H2,1H3. The molecular formula is C5H8O2S. The van der Waals surface area contributed by atoms with Crippen molar-refractivity contribution >= 4 is 9.84 Å². The van der Waals surface area contributed by atoms with Gasteiger partial charge in [-0.15, -0.1) is 0 Å². The Morgan fingerprint density at radius 1 is 1.62 bits per heavy atom. The van der Waals surface area contributed by atoms with Crippen LogP contribution in [-0.4, -0.2) is 14.7 Å². The van der Waals surface area contributed by atoms with Crippen LogP contribution in [0.25, 0.3) is 0 Å². The summed E-state index contributed by atoms with van der Waals surface area (Å²) in [5.41, 5.74) is 0. The molecule has 0 spiro atoms. The summed E-state index contributed by atoms with van der Waals surface area (Å²) in [6.45, 7) is 0. The smallest absolute Gasteiger partial charge is 0.171 e. The van der Waals surface area contributed by atoms with E-state index in [1.54, 1.807) is 6.08 Å². The van der Waals surface area contributed by atoms with Crippen LogP contribution >= 0.6 is 0 Å². The van der Waals surface area contributed by atoms with Crippen molar-refractivity contribution in [1.29, 1.82) is 0 Å². The van der Waals surface area contributed by atoms with Crippen molar-refractivity contribution in [3.8, 4) is 0 Å². The third kappa shape index (κ3) is 0.916. The van der Waals surface area contributed by atoms with Gasteiger partial charge in [0.25, 0.3) is 0 Å². The molecule has 0 saturated carbocycles. The first kappa shape index (κ1) is 5.82. The number of sulfone groups is 1. The third-order valence-electron chi connectivity index (χ3n) is 1.24. The van der Waals surface area contributed by atoms with Crippen LogP contribution < -0.4 is 0 Å². The Labute approximate surface area is 49.1 Å². The highest BCUT2D eigenvalue weighted by atomic mass is 32.2. The maximum Gasteiger partial charge on any atom is 0.171 e. The lowest BCUT2D eigenvalue weighted by molar-refractivity contribution is 0.603. The molecular weight excluding hydrogens is 124 g/mol. The second-order valence-corrected chi connectivity index (χ2v) is 4.05. The number of allylic oxidation sites excluding steroid dienone is 2. The van der Waals surface area contributed by atoms with Crippen molar-refractivity contribution in [2.24, 2.45) is 0 Å². The van der Waals surface area contributed by atoms with Crippen LogP contribution in [0.15, 0.2) is 11.0 Å². The predicted octanol–water partition coefficient (Wildman–Crippen LogP) is 0.709. The van der Waals surface area contributed by atoms with Crippen LogP contribution in [0.3, 0.4) is 0 Å². The van der Waals surface area contributed by atoms with Gasteiger partial charge in [0.05, 0.1) is 0 Å². The molecule has 0 bridgehead atoms. The van der Waals surface area contributed by atoms with E-state index in [-0.39, 0.29) is 0 Å². The summed E-state index contributed by atoms with van der Waals surface area (Å²) in [4.78, 5) is 0.609. The summed E-state index contributed by atoms with van der Waals surface area (Å²) in [5, 5.41) is 0. The highest BCUT2D eigenvalue weighted by Gasteiger charge is 2.15. The molecule has 0 unspecified atom stereocenters. The van der Waals surface area contributed by atoms with Gasteiger partial charge >= 0.3 is 0 Å². The van der Waals surface area contributed by atoms with Crippen LogP contribution in [-0.2, 0) is 9.84 Å². The van der Waals surface area contributed by atoms with Gasteiger partial charge in [0, 0.05) is 11.2 Å². The summed E-state index contributed by atoms with van der Waals surface area (Å²) in [5.74, 6) is 0. The molecule has 0 radical (unpaired) electrons.